The molecule has 0 aliphatic carbocycles. The van der Waals surface area contributed by atoms with Gasteiger partial charge in [0.15, 0.2) is 6.73 Å². The van der Waals surface area contributed by atoms with Crippen LogP contribution in [0.2, 0.25) is 0 Å². The van der Waals surface area contributed by atoms with Crippen molar-refractivity contribution in [1.82, 2.24) is 20.2 Å². The maximum absolute atomic E-state index is 5.40. The lowest BCUT2D eigenvalue weighted by molar-refractivity contribution is 0.0458. The molecule has 0 radical (unpaired) electrons. The fourth-order valence-corrected chi connectivity index (χ4v) is 1.27. The smallest absolute Gasteiger partial charge is 0.235 e. The van der Waals surface area contributed by atoms with E-state index in [9.17, 15) is 0 Å². The van der Waals surface area contributed by atoms with Gasteiger partial charge in [0.1, 0.15) is 0 Å². The number of aromatic amines is 1. The highest BCUT2D eigenvalue weighted by Crippen LogP contribution is 2.00. The van der Waals surface area contributed by atoms with Gasteiger partial charge in [-0.1, -0.05) is 35.4 Å². The van der Waals surface area contributed by atoms with Crippen LogP contribution in [-0.2, 0) is 18.1 Å². The summed E-state index contributed by atoms with van der Waals surface area (Å²) in [4.78, 5) is 1.45. The fourth-order valence-electron chi connectivity index (χ4n) is 1.13. The van der Waals surface area contributed by atoms with Crippen LogP contribution in [0.4, 0.5) is 0 Å². The van der Waals surface area contributed by atoms with Gasteiger partial charge in [-0.15, -0.1) is 0 Å². The predicted molar refractivity (Wildman–Crippen MR) is 56.4 cm³/mol. The summed E-state index contributed by atoms with van der Waals surface area (Å²) in [6, 6.07) is 9.93. The first kappa shape index (κ1) is 10.0. The molecule has 1 aromatic carbocycles. The summed E-state index contributed by atoms with van der Waals surface area (Å²) in [5.74, 6) is 0. The first-order valence-corrected chi connectivity index (χ1v) is 4.87. The van der Waals surface area contributed by atoms with Gasteiger partial charge in [0.2, 0.25) is 4.77 Å². The van der Waals surface area contributed by atoms with Crippen LogP contribution in [0.25, 0.3) is 0 Å². The molecule has 0 aliphatic heterocycles. The lowest BCUT2D eigenvalue weighted by atomic mass is 10.2. The molecule has 5 nitrogen and oxygen atoms in total. The average molecular weight is 222 g/mol. The molecule has 1 heterocycles. The Morgan fingerprint density at radius 2 is 2.13 bits per heavy atom. The van der Waals surface area contributed by atoms with Gasteiger partial charge < -0.3 is 4.74 Å². The first-order valence-electron chi connectivity index (χ1n) is 4.46. The second kappa shape index (κ2) is 4.81. The summed E-state index contributed by atoms with van der Waals surface area (Å²) >= 11 is 4.77. The number of nitrogens with one attached hydrogen (secondary N) is 1. The van der Waals surface area contributed by atoms with Crippen LogP contribution < -0.4 is 0 Å². The van der Waals surface area contributed by atoms with E-state index in [4.69, 9.17) is 17.0 Å². The van der Waals surface area contributed by atoms with E-state index in [2.05, 4.69) is 15.4 Å². The molecule has 0 fully saturated rings. The first-order chi connectivity index (χ1) is 7.34. The maximum atomic E-state index is 5.40. The molecule has 15 heavy (non-hydrogen) atoms. The summed E-state index contributed by atoms with van der Waals surface area (Å²) in [5, 5.41) is 10.1. The van der Waals surface area contributed by atoms with Crippen LogP contribution in [-0.4, -0.2) is 20.2 Å². The lowest BCUT2D eigenvalue weighted by Crippen LogP contribution is -2.06. The third-order valence-electron chi connectivity index (χ3n) is 1.79. The monoisotopic (exact) mass is 222 g/mol. The lowest BCUT2D eigenvalue weighted by Gasteiger charge is -2.02. The van der Waals surface area contributed by atoms with E-state index < -0.39 is 0 Å². The molecule has 0 bridgehead atoms. The van der Waals surface area contributed by atoms with E-state index in [0.29, 0.717) is 18.1 Å². The number of H-pyrrole nitrogens is 1. The van der Waals surface area contributed by atoms with Gasteiger partial charge in [-0.2, -0.15) is 4.80 Å². The normalized spacial score (nSPS) is 10.4. The Bertz CT molecular complexity index is 464. The molecular formula is C9H10N4OS. The van der Waals surface area contributed by atoms with E-state index >= 15 is 0 Å². The van der Waals surface area contributed by atoms with Crippen LogP contribution in [0, 0.1) is 4.77 Å². The molecule has 0 spiro atoms. The van der Waals surface area contributed by atoms with E-state index in [-0.39, 0.29) is 0 Å². The number of hydrogen-bond donors (Lipinski definition) is 1. The van der Waals surface area contributed by atoms with Crippen LogP contribution >= 0.6 is 12.2 Å². The number of rotatable bonds is 4. The zero-order valence-corrected chi connectivity index (χ0v) is 8.78. The molecule has 2 rings (SSSR count). The van der Waals surface area contributed by atoms with Crippen molar-refractivity contribution in [2.24, 2.45) is 0 Å². The van der Waals surface area contributed by atoms with E-state index in [1.165, 1.54) is 4.80 Å². The molecule has 0 atom stereocenters. The van der Waals surface area contributed by atoms with Crippen LogP contribution in [0.5, 0.6) is 0 Å². The predicted octanol–water partition coefficient (Wildman–Crippen LogP) is 1.51. The Morgan fingerprint density at radius 1 is 1.33 bits per heavy atom. The number of benzene rings is 1. The highest BCUT2D eigenvalue weighted by atomic mass is 32.1. The highest BCUT2D eigenvalue weighted by Gasteiger charge is 1.94. The third kappa shape index (κ3) is 2.97. The summed E-state index contributed by atoms with van der Waals surface area (Å²) in [6.07, 6.45) is 0. The molecule has 1 aromatic heterocycles. The number of aromatic nitrogens is 4. The van der Waals surface area contributed by atoms with E-state index in [0.717, 1.165) is 5.56 Å². The second-order valence-corrected chi connectivity index (χ2v) is 3.36. The molecule has 78 valence electrons. The number of tetrazole rings is 1. The summed E-state index contributed by atoms with van der Waals surface area (Å²) in [6.45, 7) is 0.861. The Kier molecular flexibility index (Phi) is 3.21. The number of nitrogens with zero attached hydrogens (tertiary/aromatic N) is 3. The van der Waals surface area contributed by atoms with Crippen LogP contribution in [0.3, 0.4) is 0 Å². The van der Waals surface area contributed by atoms with Gasteiger partial charge in [-0.05, 0) is 23.0 Å². The quantitative estimate of drug-likeness (QED) is 0.797. The van der Waals surface area contributed by atoms with Crippen molar-refractivity contribution in [3.63, 3.8) is 0 Å². The third-order valence-corrected chi connectivity index (χ3v) is 1.97. The molecule has 1 N–H and O–H groups in total. The zero-order chi connectivity index (χ0) is 10.5. The molecule has 0 aliphatic rings. The van der Waals surface area contributed by atoms with Gasteiger partial charge in [-0.3, -0.25) is 5.10 Å². The van der Waals surface area contributed by atoms with Gasteiger partial charge in [-0.25, -0.2) is 0 Å². The van der Waals surface area contributed by atoms with Crippen molar-refractivity contribution < 1.29 is 4.74 Å². The summed E-state index contributed by atoms with van der Waals surface area (Å²) < 4.78 is 5.76. The average Bonchev–Trinajstić information content (AvgIpc) is 2.66. The molecule has 0 saturated carbocycles. The molecule has 2 aromatic rings. The topological polar surface area (TPSA) is 55.7 Å². The second-order valence-electron chi connectivity index (χ2n) is 2.97. The van der Waals surface area contributed by atoms with Crippen molar-refractivity contribution in [2.45, 2.75) is 13.3 Å². The van der Waals surface area contributed by atoms with Gasteiger partial charge >= 0.3 is 0 Å². The Hall–Kier alpha value is -1.53. The van der Waals surface area contributed by atoms with Crippen LogP contribution in [0.1, 0.15) is 5.56 Å². The minimum Gasteiger partial charge on any atom is -0.353 e. The molecular weight excluding hydrogens is 212 g/mol. The van der Waals surface area contributed by atoms with E-state index in [1.807, 2.05) is 30.3 Å². The number of ether oxygens (including phenoxy) is 1. The van der Waals surface area contributed by atoms with Crippen molar-refractivity contribution >= 4 is 12.2 Å². The van der Waals surface area contributed by atoms with Gasteiger partial charge in [0, 0.05) is 0 Å². The molecule has 0 unspecified atom stereocenters. The van der Waals surface area contributed by atoms with Crippen LogP contribution in [0.15, 0.2) is 30.3 Å². The van der Waals surface area contributed by atoms with Gasteiger partial charge in [0.25, 0.3) is 0 Å². The SMILES string of the molecule is S=c1nnn(COCc2ccccc2)[nH]1. The Morgan fingerprint density at radius 3 is 2.80 bits per heavy atom. The molecule has 0 saturated heterocycles. The van der Waals surface area contributed by atoms with Crippen molar-refractivity contribution in [3.8, 4) is 0 Å². The summed E-state index contributed by atoms with van der Waals surface area (Å²) in [5.41, 5.74) is 1.12. The van der Waals surface area contributed by atoms with Crippen molar-refractivity contribution in [1.29, 1.82) is 0 Å². The zero-order valence-electron chi connectivity index (χ0n) is 7.96. The fraction of sp³-hybridized carbons (Fsp3) is 0.222. The highest BCUT2D eigenvalue weighted by molar-refractivity contribution is 7.71. The molecule has 6 heteroatoms. The standard InChI is InChI=1S/C9H10N4OS/c15-9-10-12-13(11-9)7-14-6-8-4-2-1-3-5-8/h1-5H,6-7H2,(H,11,15). The van der Waals surface area contributed by atoms with Crippen molar-refractivity contribution in [3.05, 3.63) is 40.7 Å². The minimum atomic E-state index is 0.318. The van der Waals surface area contributed by atoms with Crippen molar-refractivity contribution in [2.75, 3.05) is 0 Å². The largest absolute Gasteiger partial charge is 0.353 e. The number of hydrogen-bond acceptors (Lipinski definition) is 4. The van der Waals surface area contributed by atoms with Gasteiger partial charge in [0.05, 0.1) is 6.61 Å². The summed E-state index contributed by atoms with van der Waals surface area (Å²) in [7, 11) is 0. The minimum absolute atomic E-state index is 0.318. The Balaban J connectivity index is 1.83. The Labute approximate surface area is 91.7 Å². The molecule has 0 amide bonds. The van der Waals surface area contributed by atoms with E-state index in [1.54, 1.807) is 0 Å². The maximum Gasteiger partial charge on any atom is 0.235 e.